The van der Waals surface area contributed by atoms with Gasteiger partial charge in [0.2, 0.25) is 0 Å². The fourth-order valence-corrected chi connectivity index (χ4v) is 3.62. The van der Waals surface area contributed by atoms with Gasteiger partial charge in [0.1, 0.15) is 10.8 Å². The lowest BCUT2D eigenvalue weighted by atomic mass is 9.93. The lowest BCUT2D eigenvalue weighted by Crippen LogP contribution is -2.50. The number of carbonyl (C=O) groups is 1. The highest BCUT2D eigenvalue weighted by Gasteiger charge is 2.73. The first-order chi connectivity index (χ1) is 17.8. The Kier molecular flexibility index (Phi) is 9.54. The van der Waals surface area contributed by atoms with E-state index in [2.05, 4.69) is 30.6 Å². The van der Waals surface area contributed by atoms with Crippen LogP contribution in [-0.4, -0.2) is 42.5 Å². The Balaban J connectivity index is 2.69. The lowest BCUT2D eigenvalue weighted by molar-refractivity contribution is -0.348. The second kappa shape index (κ2) is 11.6. The molecule has 0 unspecified atom stereocenters. The molecule has 18 heteroatoms. The molecule has 1 aromatic heterocycles. The van der Waals surface area contributed by atoms with Gasteiger partial charge in [-0.15, -0.1) is 13.2 Å². The monoisotopic (exact) mass is 659 g/mol. The summed E-state index contributed by atoms with van der Waals surface area (Å²) in [7, 11) is 0. The summed E-state index contributed by atoms with van der Waals surface area (Å²) >= 11 is 8.36. The number of benzene rings is 1. The lowest BCUT2D eigenvalue weighted by Gasteiger charge is -2.31. The molecule has 0 aliphatic carbocycles. The van der Waals surface area contributed by atoms with Gasteiger partial charge in [0.15, 0.2) is 5.75 Å². The van der Waals surface area contributed by atoms with Crippen LogP contribution in [-0.2, 0) is 10.4 Å². The minimum atomic E-state index is -6.61. The van der Waals surface area contributed by atoms with Crippen molar-refractivity contribution in [1.29, 1.82) is 0 Å². The third kappa shape index (κ3) is 7.12. The highest BCUT2D eigenvalue weighted by molar-refractivity contribution is 9.10. The van der Waals surface area contributed by atoms with Gasteiger partial charge in [0.05, 0.1) is 12.2 Å². The molecular weight excluding hydrogens is 648 g/mol. The van der Waals surface area contributed by atoms with Crippen LogP contribution >= 0.6 is 27.5 Å². The first-order valence-corrected chi connectivity index (χ1v) is 11.1. The Morgan fingerprint density at radius 2 is 1.67 bits per heavy atom. The van der Waals surface area contributed by atoms with Gasteiger partial charge in [0, 0.05) is 39.8 Å². The minimum Gasteiger partial charge on any atom is -0.462 e. The van der Waals surface area contributed by atoms with Crippen molar-refractivity contribution in [3.8, 4) is 5.75 Å². The molecule has 1 aromatic carbocycles. The van der Waals surface area contributed by atoms with Gasteiger partial charge in [-0.05, 0) is 41.1 Å². The summed E-state index contributed by atoms with van der Waals surface area (Å²) < 4.78 is 140. The average molecular weight is 661 g/mol. The average Bonchev–Trinajstić information content (AvgIpc) is 2.78. The van der Waals surface area contributed by atoms with Crippen molar-refractivity contribution in [1.82, 2.24) is 4.98 Å². The Bertz CT molecular complexity index is 1280. The van der Waals surface area contributed by atoms with E-state index in [1.54, 1.807) is 0 Å². The van der Waals surface area contributed by atoms with E-state index in [4.69, 9.17) is 22.1 Å². The van der Waals surface area contributed by atoms with Crippen LogP contribution in [0.5, 0.6) is 5.75 Å². The number of esters is 1. The number of alkyl halides is 10. The molecule has 0 fully saturated rings. The number of halogens is 12. The van der Waals surface area contributed by atoms with Crippen LogP contribution in [0.3, 0.4) is 0 Å². The Morgan fingerprint density at radius 3 is 2.15 bits per heavy atom. The zero-order valence-corrected chi connectivity index (χ0v) is 21.2. The third-order valence-corrected chi connectivity index (χ3v) is 5.52. The van der Waals surface area contributed by atoms with Crippen molar-refractivity contribution in [2.24, 2.45) is 10.7 Å². The van der Waals surface area contributed by atoms with E-state index < -0.39 is 57.9 Å². The molecular formula is C21H13BrClF10N3O3. The van der Waals surface area contributed by atoms with Crippen LogP contribution in [0.2, 0.25) is 5.15 Å². The maximum atomic E-state index is 14.5. The normalized spacial score (nSPS) is 13.6. The number of hydrogen-bond donors (Lipinski definition) is 1. The van der Waals surface area contributed by atoms with Crippen LogP contribution in [0.25, 0.3) is 5.57 Å². The molecule has 0 saturated carbocycles. The molecule has 39 heavy (non-hydrogen) atoms. The number of aromatic nitrogens is 1. The highest BCUT2D eigenvalue weighted by atomic mass is 79.9. The molecule has 2 aromatic rings. The number of allylic oxidation sites excluding steroid dienone is 1. The van der Waals surface area contributed by atoms with Gasteiger partial charge in [-0.1, -0.05) is 11.6 Å². The summed E-state index contributed by atoms with van der Waals surface area (Å²) in [5, 5.41) is -0.284. The molecule has 0 spiro atoms. The summed E-state index contributed by atoms with van der Waals surface area (Å²) in [4.78, 5) is 19.4. The maximum absolute atomic E-state index is 14.5. The van der Waals surface area contributed by atoms with Crippen LogP contribution in [0.4, 0.5) is 49.6 Å². The van der Waals surface area contributed by atoms with E-state index in [1.807, 2.05) is 0 Å². The van der Waals surface area contributed by atoms with Crippen molar-refractivity contribution in [2.45, 2.75) is 31.3 Å². The fraction of sp³-hybridized carbons (Fsp3) is 0.286. The summed E-state index contributed by atoms with van der Waals surface area (Å²) in [5.41, 5.74) is -4.23. The van der Waals surface area contributed by atoms with Crippen LogP contribution in [0.1, 0.15) is 28.4 Å². The number of ether oxygens (including phenoxy) is 2. The topological polar surface area (TPSA) is 86.8 Å². The van der Waals surface area contributed by atoms with Crippen LogP contribution in [0, 0.1) is 0 Å². The van der Waals surface area contributed by atoms with Gasteiger partial charge >= 0.3 is 30.4 Å². The summed E-state index contributed by atoms with van der Waals surface area (Å²) in [6, 6.07) is 0.638. The van der Waals surface area contributed by atoms with Crippen molar-refractivity contribution >= 4 is 51.0 Å². The van der Waals surface area contributed by atoms with E-state index in [-0.39, 0.29) is 34.5 Å². The molecule has 0 amide bonds. The van der Waals surface area contributed by atoms with E-state index in [1.165, 1.54) is 6.92 Å². The molecule has 0 saturated heterocycles. The van der Waals surface area contributed by atoms with E-state index in [0.717, 1.165) is 24.7 Å². The number of nitrogens with zero attached hydrogens (tertiary/aromatic N) is 2. The number of aliphatic imine (C=N–C) groups is 1. The molecule has 214 valence electrons. The molecule has 1 heterocycles. The van der Waals surface area contributed by atoms with Gasteiger partial charge < -0.3 is 15.2 Å². The standard InChI is InChI=1S/C21H13BrClF10N3O3/c1-2-38-17(37)12-3-9(7-36-16(12)23)10(6-34)8-35-15-13(22)4-11(5-14(15)39-21(31,32)33)18(24,19(25,26)27)20(28,29)30/h3-8H,2,34H2,1H3. The van der Waals surface area contributed by atoms with Gasteiger partial charge in [0.25, 0.3) is 0 Å². The Morgan fingerprint density at radius 1 is 1.08 bits per heavy atom. The molecule has 0 atom stereocenters. The number of nitrogens with two attached hydrogens (primary N) is 1. The molecule has 6 nitrogen and oxygen atoms in total. The van der Waals surface area contributed by atoms with Crippen LogP contribution < -0.4 is 10.5 Å². The number of hydrogen-bond acceptors (Lipinski definition) is 6. The van der Waals surface area contributed by atoms with E-state index in [0.29, 0.717) is 0 Å². The number of rotatable bonds is 7. The second-order valence-corrected chi connectivity index (χ2v) is 8.38. The van der Waals surface area contributed by atoms with E-state index in [9.17, 15) is 48.7 Å². The fourth-order valence-electron chi connectivity index (χ4n) is 2.89. The number of carbonyl (C=O) groups excluding carboxylic acids is 1. The molecule has 0 aliphatic heterocycles. The SMILES string of the molecule is CCOC(=O)c1cc(C(C=Nc2c(Br)cc(C(F)(C(F)(F)F)C(F)(F)F)cc2OC(F)(F)F)=CN)cnc1Cl. The Labute approximate surface area is 225 Å². The van der Waals surface area contributed by atoms with Gasteiger partial charge in [-0.3, -0.25) is 4.99 Å². The summed E-state index contributed by atoms with van der Waals surface area (Å²) in [5.74, 6) is -2.61. The molecule has 2 N–H and O–H groups in total. The molecule has 0 aliphatic rings. The smallest absolute Gasteiger partial charge is 0.462 e. The van der Waals surface area contributed by atoms with Crippen molar-refractivity contribution in [2.75, 3.05) is 6.61 Å². The quantitative estimate of drug-likeness (QED) is 0.143. The molecule has 2 rings (SSSR count). The first kappa shape index (κ1) is 32.1. The zero-order chi connectivity index (χ0) is 30.0. The van der Waals surface area contributed by atoms with E-state index >= 15 is 0 Å². The zero-order valence-electron chi connectivity index (χ0n) is 18.9. The predicted molar refractivity (Wildman–Crippen MR) is 121 cm³/mol. The first-order valence-electron chi connectivity index (χ1n) is 9.98. The maximum Gasteiger partial charge on any atom is 0.573 e. The molecule has 0 bridgehead atoms. The van der Waals surface area contributed by atoms with Crippen molar-refractivity contribution in [3.05, 3.63) is 56.9 Å². The Hall–Kier alpha value is -3.08. The second-order valence-electron chi connectivity index (χ2n) is 7.17. The van der Waals surface area contributed by atoms with Gasteiger partial charge in [-0.25, -0.2) is 14.2 Å². The van der Waals surface area contributed by atoms with Crippen molar-refractivity contribution < 1.29 is 58.2 Å². The third-order valence-electron chi connectivity index (χ3n) is 4.61. The van der Waals surface area contributed by atoms with Crippen molar-refractivity contribution in [3.63, 3.8) is 0 Å². The van der Waals surface area contributed by atoms with Crippen LogP contribution in [0.15, 0.2) is 40.1 Å². The summed E-state index contributed by atoms with van der Waals surface area (Å²) in [6.07, 6.45) is -16.3. The summed E-state index contributed by atoms with van der Waals surface area (Å²) in [6.45, 7) is 1.47. The predicted octanol–water partition coefficient (Wildman–Crippen LogP) is 7.56. The minimum absolute atomic E-state index is 0.00310. The van der Waals surface area contributed by atoms with Gasteiger partial charge in [-0.2, -0.15) is 26.3 Å². The molecule has 0 radical (unpaired) electrons. The highest BCUT2D eigenvalue weighted by Crippen LogP contribution is 2.55. The largest absolute Gasteiger partial charge is 0.573 e. The number of pyridine rings is 1.